The molecule has 0 fully saturated rings. The van der Waals surface area contributed by atoms with Gasteiger partial charge >= 0.3 is 0 Å². The van der Waals surface area contributed by atoms with Gasteiger partial charge in [-0.15, -0.1) is 0 Å². The Bertz CT molecular complexity index is 137. The van der Waals surface area contributed by atoms with Crippen molar-refractivity contribution >= 4 is 0 Å². The van der Waals surface area contributed by atoms with E-state index in [2.05, 4.69) is 6.92 Å². The van der Waals surface area contributed by atoms with Gasteiger partial charge in [0.15, 0.2) is 0 Å². The summed E-state index contributed by atoms with van der Waals surface area (Å²) in [7, 11) is 0. The zero-order valence-electron chi connectivity index (χ0n) is 11.7. The van der Waals surface area contributed by atoms with E-state index in [0.29, 0.717) is 6.61 Å². The molecular formula is C15H32O2. The first-order chi connectivity index (χ1) is 8.31. The fraction of sp³-hybridized carbons (Fsp3) is 1.00. The average Bonchev–Trinajstić information content (AvgIpc) is 2.34. The van der Waals surface area contributed by atoms with Crippen LogP contribution in [0.25, 0.3) is 0 Å². The topological polar surface area (TPSA) is 40.5 Å². The van der Waals surface area contributed by atoms with E-state index in [9.17, 15) is 5.11 Å². The minimum absolute atomic E-state index is 0.0560. The third-order valence-electron chi connectivity index (χ3n) is 3.34. The van der Waals surface area contributed by atoms with Crippen molar-refractivity contribution in [3.8, 4) is 0 Å². The van der Waals surface area contributed by atoms with E-state index < -0.39 is 0 Å². The Morgan fingerprint density at radius 1 is 0.706 bits per heavy atom. The van der Waals surface area contributed by atoms with Gasteiger partial charge in [0.2, 0.25) is 0 Å². The van der Waals surface area contributed by atoms with Gasteiger partial charge in [-0.3, -0.25) is 0 Å². The van der Waals surface area contributed by atoms with Crippen LogP contribution in [0.2, 0.25) is 0 Å². The molecule has 1 atom stereocenters. The molecule has 0 aliphatic heterocycles. The minimum Gasteiger partial charge on any atom is -0.396 e. The summed E-state index contributed by atoms with van der Waals surface area (Å²) in [5.74, 6) is 0. The number of aliphatic hydroxyl groups excluding tert-OH is 2. The molecule has 0 spiro atoms. The lowest BCUT2D eigenvalue weighted by Gasteiger charge is -2.09. The van der Waals surface area contributed by atoms with Gasteiger partial charge < -0.3 is 10.2 Å². The molecule has 0 rings (SSSR count). The van der Waals surface area contributed by atoms with E-state index >= 15 is 0 Å². The van der Waals surface area contributed by atoms with E-state index in [1.807, 2.05) is 0 Å². The lowest BCUT2D eigenvalue weighted by atomic mass is 10.0. The van der Waals surface area contributed by atoms with Crippen LogP contribution in [0, 0.1) is 0 Å². The Labute approximate surface area is 107 Å². The molecule has 2 N–H and O–H groups in total. The van der Waals surface area contributed by atoms with E-state index in [4.69, 9.17) is 5.11 Å². The summed E-state index contributed by atoms with van der Waals surface area (Å²) < 4.78 is 0. The Morgan fingerprint density at radius 3 is 1.71 bits per heavy atom. The third-order valence-corrected chi connectivity index (χ3v) is 3.34. The van der Waals surface area contributed by atoms with Gasteiger partial charge in [-0.2, -0.15) is 0 Å². The second-order valence-electron chi connectivity index (χ2n) is 5.14. The summed E-state index contributed by atoms with van der Waals surface area (Å²) in [4.78, 5) is 0. The highest BCUT2D eigenvalue weighted by Gasteiger charge is 2.02. The molecule has 0 saturated heterocycles. The number of hydrogen-bond donors (Lipinski definition) is 2. The summed E-state index contributed by atoms with van der Waals surface area (Å²) in [6.45, 7) is 2.51. The fourth-order valence-corrected chi connectivity index (χ4v) is 2.14. The number of unbranched alkanes of at least 4 members (excludes halogenated alkanes) is 8. The van der Waals surface area contributed by atoms with Crippen molar-refractivity contribution in [3.05, 3.63) is 0 Å². The zero-order chi connectivity index (χ0) is 12.8. The van der Waals surface area contributed by atoms with E-state index in [1.165, 1.54) is 51.4 Å². The molecule has 2 heteroatoms. The van der Waals surface area contributed by atoms with Crippen LogP contribution in [-0.2, 0) is 0 Å². The van der Waals surface area contributed by atoms with Crippen LogP contribution >= 0.6 is 0 Å². The second-order valence-corrected chi connectivity index (χ2v) is 5.14. The molecule has 0 bridgehead atoms. The second kappa shape index (κ2) is 14.0. The minimum atomic E-state index is -0.0560. The van der Waals surface area contributed by atoms with Crippen molar-refractivity contribution in [2.45, 2.75) is 90.1 Å². The highest BCUT2D eigenvalue weighted by atomic mass is 16.3. The van der Waals surface area contributed by atoms with E-state index in [0.717, 1.165) is 25.7 Å². The summed E-state index contributed by atoms with van der Waals surface area (Å²) in [6, 6.07) is 0. The normalized spacial score (nSPS) is 12.9. The first-order valence-electron chi connectivity index (χ1n) is 7.60. The smallest absolute Gasteiger partial charge is 0.0540 e. The molecule has 0 aromatic heterocycles. The molecule has 0 radical (unpaired) electrons. The Morgan fingerprint density at radius 2 is 1.18 bits per heavy atom. The van der Waals surface area contributed by atoms with Crippen LogP contribution < -0.4 is 0 Å². The van der Waals surface area contributed by atoms with Crippen molar-refractivity contribution in [3.63, 3.8) is 0 Å². The summed E-state index contributed by atoms with van der Waals surface area (Å²) in [5.41, 5.74) is 0. The van der Waals surface area contributed by atoms with Gasteiger partial charge in [0.1, 0.15) is 0 Å². The highest BCUT2D eigenvalue weighted by Crippen LogP contribution is 2.12. The third kappa shape index (κ3) is 13.9. The Hall–Kier alpha value is -0.0800. The fourth-order valence-electron chi connectivity index (χ4n) is 2.14. The van der Waals surface area contributed by atoms with Crippen molar-refractivity contribution in [1.82, 2.24) is 0 Å². The Balaban J connectivity index is 3.02. The summed E-state index contributed by atoms with van der Waals surface area (Å²) in [6.07, 6.45) is 14.0. The molecule has 104 valence electrons. The largest absolute Gasteiger partial charge is 0.396 e. The molecular weight excluding hydrogens is 212 g/mol. The molecule has 0 heterocycles. The van der Waals surface area contributed by atoms with Crippen molar-refractivity contribution in [2.75, 3.05) is 6.61 Å². The lowest BCUT2D eigenvalue weighted by molar-refractivity contribution is 0.148. The Kier molecular flexibility index (Phi) is 13.9. The average molecular weight is 244 g/mol. The van der Waals surface area contributed by atoms with E-state index in [-0.39, 0.29) is 6.10 Å². The van der Waals surface area contributed by atoms with Crippen LogP contribution in [0.15, 0.2) is 0 Å². The standard InChI is InChI=1S/C15H32O2/c1-2-3-12-15(17)13-10-8-6-4-5-7-9-11-14-16/h15-17H,2-14H2,1H3. The van der Waals surface area contributed by atoms with Crippen molar-refractivity contribution in [1.29, 1.82) is 0 Å². The van der Waals surface area contributed by atoms with Gasteiger partial charge in [-0.1, -0.05) is 64.7 Å². The first kappa shape index (κ1) is 16.9. The molecule has 0 aliphatic carbocycles. The molecule has 17 heavy (non-hydrogen) atoms. The van der Waals surface area contributed by atoms with Crippen LogP contribution in [0.5, 0.6) is 0 Å². The monoisotopic (exact) mass is 244 g/mol. The quantitative estimate of drug-likeness (QED) is 0.480. The van der Waals surface area contributed by atoms with Crippen LogP contribution in [0.1, 0.15) is 84.0 Å². The zero-order valence-corrected chi connectivity index (χ0v) is 11.7. The van der Waals surface area contributed by atoms with Crippen LogP contribution in [-0.4, -0.2) is 22.9 Å². The number of aliphatic hydroxyl groups is 2. The van der Waals surface area contributed by atoms with Crippen molar-refractivity contribution < 1.29 is 10.2 Å². The van der Waals surface area contributed by atoms with E-state index in [1.54, 1.807) is 0 Å². The summed E-state index contributed by atoms with van der Waals surface area (Å²) in [5, 5.41) is 18.3. The summed E-state index contributed by atoms with van der Waals surface area (Å²) >= 11 is 0. The molecule has 0 amide bonds. The molecule has 0 saturated carbocycles. The molecule has 2 nitrogen and oxygen atoms in total. The predicted octanol–water partition coefficient (Wildman–Crippen LogP) is 4.04. The maximum atomic E-state index is 9.66. The van der Waals surface area contributed by atoms with Gasteiger partial charge in [0.05, 0.1) is 6.10 Å². The van der Waals surface area contributed by atoms with Crippen molar-refractivity contribution in [2.24, 2.45) is 0 Å². The predicted molar refractivity (Wildman–Crippen MR) is 74.2 cm³/mol. The first-order valence-corrected chi connectivity index (χ1v) is 7.60. The van der Waals surface area contributed by atoms with Gasteiger partial charge in [-0.25, -0.2) is 0 Å². The maximum absolute atomic E-state index is 9.66. The van der Waals surface area contributed by atoms with Crippen LogP contribution in [0.4, 0.5) is 0 Å². The van der Waals surface area contributed by atoms with Gasteiger partial charge in [0.25, 0.3) is 0 Å². The maximum Gasteiger partial charge on any atom is 0.0540 e. The molecule has 0 aliphatic rings. The lowest BCUT2D eigenvalue weighted by Crippen LogP contribution is -2.05. The molecule has 0 aromatic rings. The van der Waals surface area contributed by atoms with Gasteiger partial charge in [-0.05, 0) is 19.3 Å². The number of hydrogen-bond acceptors (Lipinski definition) is 2. The van der Waals surface area contributed by atoms with Gasteiger partial charge in [0, 0.05) is 6.61 Å². The molecule has 0 aromatic carbocycles. The molecule has 1 unspecified atom stereocenters. The highest BCUT2D eigenvalue weighted by molar-refractivity contribution is 4.56. The SMILES string of the molecule is CCCCC(O)CCCCCCCCCCO. The number of rotatable bonds is 13. The van der Waals surface area contributed by atoms with Crippen LogP contribution in [0.3, 0.4) is 0 Å².